The van der Waals surface area contributed by atoms with Crippen molar-refractivity contribution < 1.29 is 9.90 Å². The SMILES string of the molecule is Cc1nc(NC[C@H](N)C(=O)O)c(C)c(N2CCC(c3ccc4c(n3)NCCC4)CC2)n1. The highest BCUT2D eigenvalue weighted by molar-refractivity contribution is 5.74. The van der Waals surface area contributed by atoms with E-state index in [0.717, 1.165) is 56.1 Å². The minimum atomic E-state index is -1.04. The third-order valence-electron chi connectivity index (χ3n) is 6.17. The zero-order valence-corrected chi connectivity index (χ0v) is 18.2. The molecule has 0 radical (unpaired) electrons. The molecule has 4 heterocycles. The number of aromatic nitrogens is 3. The van der Waals surface area contributed by atoms with Gasteiger partial charge in [-0.1, -0.05) is 6.07 Å². The van der Waals surface area contributed by atoms with Crippen LogP contribution in [0.4, 0.5) is 17.5 Å². The number of aliphatic carboxylic acids is 1. The lowest BCUT2D eigenvalue weighted by Crippen LogP contribution is -2.37. The molecule has 0 unspecified atom stereocenters. The Balaban J connectivity index is 1.44. The van der Waals surface area contributed by atoms with Gasteiger partial charge in [-0.2, -0.15) is 0 Å². The first-order chi connectivity index (χ1) is 14.9. The van der Waals surface area contributed by atoms with E-state index in [9.17, 15) is 4.79 Å². The molecule has 1 saturated heterocycles. The van der Waals surface area contributed by atoms with Crippen LogP contribution in [0.15, 0.2) is 12.1 Å². The number of rotatable bonds is 6. The monoisotopic (exact) mass is 425 g/mol. The Morgan fingerprint density at radius 3 is 2.81 bits per heavy atom. The molecule has 0 amide bonds. The van der Waals surface area contributed by atoms with Crippen LogP contribution in [0.3, 0.4) is 0 Å². The van der Waals surface area contributed by atoms with Gasteiger partial charge in [-0.3, -0.25) is 4.79 Å². The van der Waals surface area contributed by atoms with E-state index in [-0.39, 0.29) is 6.54 Å². The Hall–Kier alpha value is -2.94. The summed E-state index contributed by atoms with van der Waals surface area (Å²) in [6, 6.07) is 3.45. The number of carbonyl (C=O) groups is 1. The second-order valence-corrected chi connectivity index (χ2v) is 8.43. The van der Waals surface area contributed by atoms with Crippen molar-refractivity contribution in [1.29, 1.82) is 0 Å². The van der Waals surface area contributed by atoms with Crippen molar-refractivity contribution in [3.8, 4) is 0 Å². The molecular formula is C22H31N7O2. The third kappa shape index (κ3) is 4.71. The van der Waals surface area contributed by atoms with Gasteiger partial charge in [0.15, 0.2) is 0 Å². The predicted octanol–water partition coefficient (Wildman–Crippen LogP) is 2.05. The second-order valence-electron chi connectivity index (χ2n) is 8.43. The number of hydrogen-bond donors (Lipinski definition) is 4. The number of nitrogens with zero attached hydrogens (tertiary/aromatic N) is 4. The zero-order chi connectivity index (χ0) is 22.0. The van der Waals surface area contributed by atoms with E-state index in [0.29, 0.717) is 17.6 Å². The Kier molecular flexibility index (Phi) is 6.22. The summed E-state index contributed by atoms with van der Waals surface area (Å²) < 4.78 is 0. The normalized spacial score (nSPS) is 17.6. The maximum absolute atomic E-state index is 11.0. The fourth-order valence-electron chi connectivity index (χ4n) is 4.35. The number of carboxylic acids is 1. The van der Waals surface area contributed by atoms with Gasteiger partial charge in [-0.05, 0) is 51.2 Å². The number of fused-ring (bicyclic) bond motifs is 1. The molecule has 1 fully saturated rings. The topological polar surface area (TPSA) is 129 Å². The number of hydrogen-bond acceptors (Lipinski definition) is 8. The van der Waals surface area contributed by atoms with Gasteiger partial charge in [0, 0.05) is 43.4 Å². The minimum absolute atomic E-state index is 0.117. The van der Waals surface area contributed by atoms with Crippen LogP contribution in [-0.4, -0.2) is 58.2 Å². The molecule has 9 nitrogen and oxygen atoms in total. The molecule has 1 atom stereocenters. The first-order valence-electron chi connectivity index (χ1n) is 11.0. The molecule has 2 aliphatic rings. The van der Waals surface area contributed by atoms with Crippen molar-refractivity contribution in [2.45, 2.75) is 51.5 Å². The van der Waals surface area contributed by atoms with Crippen molar-refractivity contribution in [3.63, 3.8) is 0 Å². The van der Waals surface area contributed by atoms with Gasteiger partial charge in [0.05, 0.1) is 0 Å². The molecule has 2 aromatic heterocycles. The molecule has 0 spiro atoms. The highest BCUT2D eigenvalue weighted by Gasteiger charge is 2.25. The zero-order valence-electron chi connectivity index (χ0n) is 18.2. The molecule has 2 aliphatic heterocycles. The van der Waals surface area contributed by atoms with E-state index in [4.69, 9.17) is 15.8 Å². The van der Waals surface area contributed by atoms with Crippen LogP contribution >= 0.6 is 0 Å². The van der Waals surface area contributed by atoms with E-state index in [1.807, 2.05) is 13.8 Å². The molecule has 5 N–H and O–H groups in total. The molecule has 166 valence electrons. The lowest BCUT2D eigenvalue weighted by molar-refractivity contribution is -0.138. The molecule has 0 aromatic carbocycles. The Bertz CT molecular complexity index is 957. The number of nitrogens with one attached hydrogen (secondary N) is 2. The fourth-order valence-corrected chi connectivity index (χ4v) is 4.35. The summed E-state index contributed by atoms with van der Waals surface area (Å²) in [5.41, 5.74) is 9.03. The minimum Gasteiger partial charge on any atom is -0.480 e. The maximum atomic E-state index is 11.0. The van der Waals surface area contributed by atoms with Crippen molar-refractivity contribution >= 4 is 23.4 Å². The molecule has 2 aromatic rings. The lowest BCUT2D eigenvalue weighted by Gasteiger charge is -2.34. The molecule has 4 rings (SSSR count). The molecular weight excluding hydrogens is 394 g/mol. The lowest BCUT2D eigenvalue weighted by atomic mass is 9.92. The average Bonchev–Trinajstić information content (AvgIpc) is 2.79. The van der Waals surface area contributed by atoms with E-state index < -0.39 is 12.0 Å². The van der Waals surface area contributed by atoms with E-state index >= 15 is 0 Å². The van der Waals surface area contributed by atoms with Gasteiger partial charge >= 0.3 is 5.97 Å². The van der Waals surface area contributed by atoms with Crippen LogP contribution in [-0.2, 0) is 11.2 Å². The summed E-state index contributed by atoms with van der Waals surface area (Å²) in [4.78, 5) is 27.3. The van der Waals surface area contributed by atoms with E-state index in [1.54, 1.807) is 0 Å². The standard InChI is InChI=1S/C22H31N7O2/c1-13-19(25-12-17(23)22(30)31)26-14(2)27-21(13)29-10-7-15(8-11-29)18-6-5-16-4-3-9-24-20(16)28-18/h5-6,15,17H,3-4,7-12,23H2,1-2H3,(H,24,28)(H,30,31)(H,25,26,27)/t17-/m0/s1. The summed E-state index contributed by atoms with van der Waals surface area (Å²) >= 11 is 0. The second kappa shape index (κ2) is 9.05. The predicted molar refractivity (Wildman–Crippen MR) is 121 cm³/mol. The quantitative estimate of drug-likeness (QED) is 0.549. The summed E-state index contributed by atoms with van der Waals surface area (Å²) in [7, 11) is 0. The van der Waals surface area contributed by atoms with Crippen LogP contribution < -0.4 is 21.3 Å². The Morgan fingerprint density at radius 2 is 2.06 bits per heavy atom. The van der Waals surface area contributed by atoms with E-state index in [2.05, 4.69) is 37.6 Å². The molecule has 0 bridgehead atoms. The van der Waals surface area contributed by atoms with Crippen LogP contribution in [0.25, 0.3) is 0 Å². The van der Waals surface area contributed by atoms with Crippen molar-refractivity contribution in [2.24, 2.45) is 5.73 Å². The van der Waals surface area contributed by atoms with Crippen molar-refractivity contribution in [3.05, 3.63) is 34.8 Å². The number of anilines is 3. The highest BCUT2D eigenvalue weighted by Crippen LogP contribution is 2.33. The molecule has 0 saturated carbocycles. The van der Waals surface area contributed by atoms with Crippen LogP contribution in [0.1, 0.15) is 47.8 Å². The smallest absolute Gasteiger partial charge is 0.322 e. The highest BCUT2D eigenvalue weighted by atomic mass is 16.4. The summed E-state index contributed by atoms with van der Waals surface area (Å²) in [6.45, 7) is 6.72. The first kappa shape index (κ1) is 21.3. The number of pyridine rings is 1. The maximum Gasteiger partial charge on any atom is 0.322 e. The Labute approximate surface area is 182 Å². The van der Waals surface area contributed by atoms with Gasteiger partial charge in [-0.25, -0.2) is 15.0 Å². The number of aryl methyl sites for hydroxylation is 2. The molecule has 0 aliphatic carbocycles. The Morgan fingerprint density at radius 1 is 1.29 bits per heavy atom. The number of carboxylic acid groups (broad SMARTS) is 1. The third-order valence-corrected chi connectivity index (χ3v) is 6.17. The van der Waals surface area contributed by atoms with Gasteiger partial charge in [-0.15, -0.1) is 0 Å². The largest absolute Gasteiger partial charge is 0.480 e. The molecule has 9 heteroatoms. The first-order valence-corrected chi connectivity index (χ1v) is 11.0. The van der Waals surface area contributed by atoms with Crippen molar-refractivity contribution in [1.82, 2.24) is 15.0 Å². The van der Waals surface area contributed by atoms with Gasteiger partial charge in [0.1, 0.15) is 29.3 Å². The van der Waals surface area contributed by atoms with E-state index in [1.165, 1.54) is 17.7 Å². The van der Waals surface area contributed by atoms with Crippen molar-refractivity contribution in [2.75, 3.05) is 41.7 Å². The van der Waals surface area contributed by atoms with Crippen LogP contribution in [0, 0.1) is 13.8 Å². The van der Waals surface area contributed by atoms with Gasteiger partial charge < -0.3 is 26.4 Å². The molecule has 31 heavy (non-hydrogen) atoms. The van der Waals surface area contributed by atoms with Gasteiger partial charge in [0.2, 0.25) is 0 Å². The van der Waals surface area contributed by atoms with Gasteiger partial charge in [0.25, 0.3) is 0 Å². The fraction of sp³-hybridized carbons (Fsp3) is 0.545. The summed E-state index contributed by atoms with van der Waals surface area (Å²) in [5, 5.41) is 15.5. The van der Waals surface area contributed by atoms with Crippen LogP contribution in [0.2, 0.25) is 0 Å². The number of piperidine rings is 1. The van der Waals surface area contributed by atoms with Crippen LogP contribution in [0.5, 0.6) is 0 Å². The number of nitrogens with two attached hydrogens (primary N) is 1. The summed E-state index contributed by atoms with van der Waals surface area (Å²) in [5.74, 6) is 2.66. The average molecular weight is 426 g/mol. The summed E-state index contributed by atoms with van der Waals surface area (Å²) in [6.07, 6.45) is 4.30.